The quantitative estimate of drug-likeness (QED) is 0.334. The third kappa shape index (κ3) is 4.28. The predicted octanol–water partition coefficient (Wildman–Crippen LogP) is 4.14. The van der Waals surface area contributed by atoms with Crippen molar-refractivity contribution in [3.05, 3.63) is 63.1 Å². The van der Waals surface area contributed by atoms with Crippen molar-refractivity contribution in [1.29, 1.82) is 0 Å². The number of hydrogen-bond acceptors (Lipinski definition) is 7. The SMILES string of the molecule is COc1ccc(CNC(=O)CSc2nc3scc(-c4cccs4)c3c(=O)n2C)cc1. The Bertz CT molecular complexity index is 1230. The van der Waals surface area contributed by atoms with Crippen molar-refractivity contribution in [2.75, 3.05) is 12.9 Å². The van der Waals surface area contributed by atoms with E-state index in [-0.39, 0.29) is 17.2 Å². The molecule has 1 aromatic carbocycles. The fourth-order valence-corrected chi connectivity index (χ4v) is 5.52. The van der Waals surface area contributed by atoms with Gasteiger partial charge in [-0.05, 0) is 29.1 Å². The number of methoxy groups -OCH3 is 1. The van der Waals surface area contributed by atoms with Gasteiger partial charge in [0.1, 0.15) is 10.6 Å². The summed E-state index contributed by atoms with van der Waals surface area (Å²) >= 11 is 4.31. The maximum Gasteiger partial charge on any atom is 0.263 e. The van der Waals surface area contributed by atoms with Gasteiger partial charge in [-0.15, -0.1) is 22.7 Å². The average Bonchev–Trinajstić information content (AvgIpc) is 3.44. The summed E-state index contributed by atoms with van der Waals surface area (Å²) in [5.74, 6) is 0.847. The molecule has 0 bridgehead atoms. The number of carbonyl (C=O) groups excluding carboxylic acids is 1. The zero-order valence-corrected chi connectivity index (χ0v) is 18.8. The number of benzene rings is 1. The maximum absolute atomic E-state index is 12.9. The third-order valence-electron chi connectivity index (χ3n) is 4.54. The van der Waals surface area contributed by atoms with E-state index >= 15 is 0 Å². The minimum Gasteiger partial charge on any atom is -0.497 e. The number of carbonyl (C=O) groups is 1. The number of nitrogens with one attached hydrogen (secondary N) is 1. The molecule has 0 radical (unpaired) electrons. The number of amides is 1. The van der Waals surface area contributed by atoms with Gasteiger partial charge < -0.3 is 10.1 Å². The number of thiophene rings is 2. The van der Waals surface area contributed by atoms with Crippen LogP contribution in [0.5, 0.6) is 5.75 Å². The van der Waals surface area contributed by atoms with Gasteiger partial charge in [-0.3, -0.25) is 14.2 Å². The second kappa shape index (κ2) is 9.03. The number of nitrogens with zero attached hydrogens (tertiary/aromatic N) is 2. The minimum absolute atomic E-state index is 0.0919. The molecule has 0 unspecified atom stereocenters. The zero-order valence-electron chi connectivity index (χ0n) is 16.4. The van der Waals surface area contributed by atoms with Gasteiger partial charge in [0.15, 0.2) is 5.16 Å². The average molecular weight is 458 g/mol. The largest absolute Gasteiger partial charge is 0.497 e. The Labute approximate surface area is 185 Å². The Kier molecular flexibility index (Phi) is 6.21. The number of ether oxygens (including phenoxy) is 1. The molecular formula is C21H19N3O3S3. The normalized spacial score (nSPS) is 11.0. The van der Waals surface area contributed by atoms with Crippen molar-refractivity contribution in [1.82, 2.24) is 14.9 Å². The van der Waals surface area contributed by atoms with E-state index in [1.807, 2.05) is 47.2 Å². The molecule has 0 atom stereocenters. The molecule has 3 heterocycles. The van der Waals surface area contributed by atoms with Gasteiger partial charge in [0.25, 0.3) is 5.56 Å². The van der Waals surface area contributed by atoms with Crippen LogP contribution in [0.1, 0.15) is 5.56 Å². The molecule has 1 N–H and O–H groups in total. The van der Waals surface area contributed by atoms with E-state index in [1.165, 1.54) is 27.7 Å². The fraction of sp³-hybridized carbons (Fsp3) is 0.190. The van der Waals surface area contributed by atoms with E-state index in [2.05, 4.69) is 10.3 Å². The summed E-state index contributed by atoms with van der Waals surface area (Å²) in [6.07, 6.45) is 0. The fourth-order valence-electron chi connectivity index (χ4n) is 2.92. The lowest BCUT2D eigenvalue weighted by molar-refractivity contribution is -0.118. The Morgan fingerprint density at radius 3 is 2.73 bits per heavy atom. The first-order valence-corrected chi connectivity index (χ1v) is 11.9. The van der Waals surface area contributed by atoms with Crippen molar-refractivity contribution in [3.8, 4) is 16.2 Å². The van der Waals surface area contributed by atoms with Gasteiger partial charge >= 0.3 is 0 Å². The zero-order chi connectivity index (χ0) is 21.1. The van der Waals surface area contributed by atoms with Crippen molar-refractivity contribution < 1.29 is 9.53 Å². The van der Waals surface area contributed by atoms with E-state index < -0.39 is 0 Å². The van der Waals surface area contributed by atoms with Crippen LogP contribution in [0.3, 0.4) is 0 Å². The summed E-state index contributed by atoms with van der Waals surface area (Å²) in [5, 5.41) is 8.02. The molecule has 30 heavy (non-hydrogen) atoms. The molecular weight excluding hydrogens is 438 g/mol. The van der Waals surface area contributed by atoms with E-state index in [9.17, 15) is 9.59 Å². The number of hydrogen-bond donors (Lipinski definition) is 1. The van der Waals surface area contributed by atoms with Crippen LogP contribution in [0.2, 0.25) is 0 Å². The van der Waals surface area contributed by atoms with Crippen LogP contribution in [0.15, 0.2) is 57.1 Å². The predicted molar refractivity (Wildman–Crippen MR) is 124 cm³/mol. The molecule has 0 spiro atoms. The van der Waals surface area contributed by atoms with Crippen LogP contribution in [0, 0.1) is 0 Å². The molecule has 4 aromatic rings. The van der Waals surface area contributed by atoms with Crippen LogP contribution in [0.4, 0.5) is 0 Å². The van der Waals surface area contributed by atoms with Crippen LogP contribution in [-0.4, -0.2) is 28.3 Å². The molecule has 0 aliphatic heterocycles. The van der Waals surface area contributed by atoms with Crippen LogP contribution in [0.25, 0.3) is 20.7 Å². The summed E-state index contributed by atoms with van der Waals surface area (Å²) in [6.45, 7) is 0.434. The van der Waals surface area contributed by atoms with Gasteiger partial charge in [0.05, 0.1) is 18.2 Å². The molecule has 6 nitrogen and oxygen atoms in total. The molecule has 0 fully saturated rings. The lowest BCUT2D eigenvalue weighted by atomic mass is 10.2. The summed E-state index contributed by atoms with van der Waals surface area (Å²) < 4.78 is 6.65. The van der Waals surface area contributed by atoms with Gasteiger partial charge in [0, 0.05) is 29.4 Å². The molecule has 0 aliphatic carbocycles. The van der Waals surface area contributed by atoms with Crippen molar-refractivity contribution in [3.63, 3.8) is 0 Å². The summed E-state index contributed by atoms with van der Waals surface area (Å²) in [7, 11) is 3.31. The van der Waals surface area contributed by atoms with Crippen LogP contribution in [-0.2, 0) is 18.4 Å². The Morgan fingerprint density at radius 2 is 2.03 bits per heavy atom. The Hall–Kier alpha value is -2.62. The number of aromatic nitrogens is 2. The van der Waals surface area contributed by atoms with Crippen molar-refractivity contribution in [2.45, 2.75) is 11.7 Å². The molecule has 4 rings (SSSR count). The molecule has 9 heteroatoms. The second-order valence-corrected chi connectivity index (χ2v) is 9.23. The number of fused-ring (bicyclic) bond motifs is 1. The highest BCUT2D eigenvalue weighted by Gasteiger charge is 2.17. The lowest BCUT2D eigenvalue weighted by Crippen LogP contribution is -2.25. The monoisotopic (exact) mass is 457 g/mol. The van der Waals surface area contributed by atoms with Gasteiger partial charge in [-0.25, -0.2) is 4.98 Å². The first-order valence-electron chi connectivity index (χ1n) is 9.11. The van der Waals surface area contributed by atoms with E-state index in [0.29, 0.717) is 21.9 Å². The first kappa shape index (κ1) is 20.6. The lowest BCUT2D eigenvalue weighted by Gasteiger charge is -2.09. The highest BCUT2D eigenvalue weighted by atomic mass is 32.2. The maximum atomic E-state index is 12.9. The molecule has 154 valence electrons. The van der Waals surface area contributed by atoms with E-state index in [0.717, 1.165) is 21.8 Å². The summed E-state index contributed by atoms with van der Waals surface area (Å²) in [6, 6.07) is 11.5. The highest BCUT2D eigenvalue weighted by Crippen LogP contribution is 2.34. The summed E-state index contributed by atoms with van der Waals surface area (Å²) in [4.78, 5) is 31.6. The Balaban J connectivity index is 1.44. The standard InChI is InChI=1S/C21H19N3O3S3/c1-24-20(26)18-15(16-4-3-9-28-16)11-29-19(18)23-21(24)30-12-17(25)22-10-13-5-7-14(27-2)8-6-13/h3-9,11H,10,12H2,1-2H3,(H,22,25). The third-order valence-corrected chi connectivity index (χ3v) is 7.35. The highest BCUT2D eigenvalue weighted by molar-refractivity contribution is 7.99. The number of rotatable bonds is 7. The molecule has 3 aromatic heterocycles. The molecule has 0 saturated heterocycles. The smallest absolute Gasteiger partial charge is 0.263 e. The minimum atomic E-state index is -0.115. The van der Waals surface area contributed by atoms with Crippen LogP contribution >= 0.6 is 34.4 Å². The summed E-state index contributed by atoms with van der Waals surface area (Å²) in [5.41, 5.74) is 1.82. The number of thioether (sulfide) groups is 1. The molecule has 0 aliphatic rings. The van der Waals surface area contributed by atoms with E-state index in [1.54, 1.807) is 25.5 Å². The van der Waals surface area contributed by atoms with Crippen LogP contribution < -0.4 is 15.6 Å². The molecule has 1 amide bonds. The Morgan fingerprint density at radius 1 is 1.23 bits per heavy atom. The van der Waals surface area contributed by atoms with E-state index in [4.69, 9.17) is 4.74 Å². The van der Waals surface area contributed by atoms with Crippen molar-refractivity contribution >= 4 is 50.6 Å². The van der Waals surface area contributed by atoms with Gasteiger partial charge in [-0.1, -0.05) is 30.0 Å². The van der Waals surface area contributed by atoms with Gasteiger partial charge in [-0.2, -0.15) is 0 Å². The van der Waals surface area contributed by atoms with Crippen molar-refractivity contribution in [2.24, 2.45) is 7.05 Å². The molecule has 0 saturated carbocycles. The van der Waals surface area contributed by atoms with Gasteiger partial charge in [0.2, 0.25) is 5.91 Å². The topological polar surface area (TPSA) is 73.2 Å². The second-order valence-electron chi connectivity index (χ2n) is 6.48. The first-order chi connectivity index (χ1) is 14.6.